The van der Waals surface area contributed by atoms with Crippen LogP contribution in [0.3, 0.4) is 0 Å². The number of anilines is 1. The van der Waals surface area contributed by atoms with Crippen molar-refractivity contribution in [3.63, 3.8) is 0 Å². The van der Waals surface area contributed by atoms with Gasteiger partial charge in [-0.1, -0.05) is 35.9 Å². The summed E-state index contributed by atoms with van der Waals surface area (Å²) in [5, 5.41) is 2.63. The van der Waals surface area contributed by atoms with Crippen LogP contribution in [0, 0.1) is 0 Å². The number of hydrogen-bond donors (Lipinski definition) is 1. The maximum atomic E-state index is 6.09. The summed E-state index contributed by atoms with van der Waals surface area (Å²) >= 11 is 5.91. The van der Waals surface area contributed by atoms with Crippen LogP contribution in [0.5, 0.6) is 0 Å². The van der Waals surface area contributed by atoms with Gasteiger partial charge in [-0.05, 0) is 30.3 Å². The van der Waals surface area contributed by atoms with Gasteiger partial charge >= 0.3 is 0 Å². The molecule has 21 heavy (non-hydrogen) atoms. The number of hydrogen-bond acceptors (Lipinski definition) is 3. The highest BCUT2D eigenvalue weighted by molar-refractivity contribution is 6.30. The summed E-state index contributed by atoms with van der Waals surface area (Å²) in [4.78, 5) is 4.53. The maximum Gasteiger partial charge on any atom is 0.227 e. The monoisotopic (exact) mass is 294 g/mol. The smallest absolute Gasteiger partial charge is 0.227 e. The second kappa shape index (κ2) is 4.50. The summed E-state index contributed by atoms with van der Waals surface area (Å²) in [6.07, 6.45) is 0. The highest BCUT2D eigenvalue weighted by atomic mass is 35.5. The summed E-state index contributed by atoms with van der Waals surface area (Å²) in [5.74, 6) is 0.567. The second-order valence-electron chi connectivity index (χ2n) is 4.89. The van der Waals surface area contributed by atoms with Crippen molar-refractivity contribution < 1.29 is 4.42 Å². The standard InChI is InChI=1S/C17H11ClN2O/c18-11-7-5-10(6-8-11)17-20-15-9-14(19)12-3-1-2-4-13(12)16(15)21-17/h1-9H,19H2. The molecule has 0 fully saturated rings. The molecule has 0 atom stereocenters. The van der Waals surface area contributed by atoms with Gasteiger partial charge in [-0.15, -0.1) is 0 Å². The minimum atomic E-state index is 0.567. The quantitative estimate of drug-likeness (QED) is 0.509. The molecule has 3 aromatic carbocycles. The number of fused-ring (bicyclic) bond motifs is 3. The number of rotatable bonds is 1. The van der Waals surface area contributed by atoms with Gasteiger partial charge in [-0.3, -0.25) is 0 Å². The summed E-state index contributed by atoms with van der Waals surface area (Å²) in [6, 6.07) is 17.2. The summed E-state index contributed by atoms with van der Waals surface area (Å²) in [7, 11) is 0. The lowest BCUT2D eigenvalue weighted by atomic mass is 10.1. The van der Waals surface area contributed by atoms with Gasteiger partial charge in [-0.2, -0.15) is 0 Å². The van der Waals surface area contributed by atoms with Crippen LogP contribution in [-0.4, -0.2) is 4.98 Å². The van der Waals surface area contributed by atoms with Crippen molar-refractivity contribution in [3.05, 3.63) is 59.6 Å². The van der Waals surface area contributed by atoms with Crippen LogP contribution in [0.25, 0.3) is 33.3 Å². The minimum absolute atomic E-state index is 0.567. The molecular formula is C17H11ClN2O. The van der Waals surface area contributed by atoms with Crippen LogP contribution < -0.4 is 5.73 Å². The zero-order chi connectivity index (χ0) is 14.4. The van der Waals surface area contributed by atoms with Crippen molar-refractivity contribution in [1.29, 1.82) is 0 Å². The maximum absolute atomic E-state index is 6.09. The zero-order valence-electron chi connectivity index (χ0n) is 11.0. The Kier molecular flexibility index (Phi) is 2.62. The third-order valence-electron chi connectivity index (χ3n) is 3.52. The zero-order valence-corrected chi connectivity index (χ0v) is 11.8. The van der Waals surface area contributed by atoms with Gasteiger partial charge in [0.25, 0.3) is 0 Å². The van der Waals surface area contributed by atoms with Crippen molar-refractivity contribution in [3.8, 4) is 11.5 Å². The largest absolute Gasteiger partial charge is 0.435 e. The molecule has 0 spiro atoms. The fraction of sp³-hybridized carbons (Fsp3) is 0. The third-order valence-corrected chi connectivity index (χ3v) is 3.77. The molecule has 0 aliphatic heterocycles. The predicted molar refractivity (Wildman–Crippen MR) is 86.4 cm³/mol. The summed E-state index contributed by atoms with van der Waals surface area (Å²) in [5.41, 5.74) is 9.20. The lowest BCUT2D eigenvalue weighted by Gasteiger charge is -2.01. The first-order valence-corrected chi connectivity index (χ1v) is 6.94. The van der Waals surface area contributed by atoms with E-state index in [2.05, 4.69) is 4.98 Å². The Balaban J connectivity index is 2.02. The van der Waals surface area contributed by atoms with Crippen molar-refractivity contribution in [2.24, 2.45) is 0 Å². The number of nitrogens with zero attached hydrogens (tertiary/aromatic N) is 1. The van der Waals surface area contributed by atoms with Crippen LogP contribution in [0.2, 0.25) is 5.02 Å². The third kappa shape index (κ3) is 1.94. The van der Waals surface area contributed by atoms with E-state index in [1.807, 2.05) is 54.6 Å². The molecule has 0 bridgehead atoms. The van der Waals surface area contributed by atoms with E-state index in [0.29, 0.717) is 16.6 Å². The van der Waals surface area contributed by atoms with Crippen molar-refractivity contribution in [2.45, 2.75) is 0 Å². The number of aromatic nitrogens is 1. The predicted octanol–water partition coefficient (Wildman–Crippen LogP) is 4.88. The second-order valence-corrected chi connectivity index (χ2v) is 5.32. The van der Waals surface area contributed by atoms with Crippen molar-refractivity contribution in [2.75, 3.05) is 5.73 Å². The fourth-order valence-electron chi connectivity index (χ4n) is 2.50. The molecule has 102 valence electrons. The highest BCUT2D eigenvalue weighted by Gasteiger charge is 2.12. The Morgan fingerprint density at radius 2 is 1.67 bits per heavy atom. The van der Waals surface area contributed by atoms with E-state index in [0.717, 1.165) is 27.4 Å². The summed E-state index contributed by atoms with van der Waals surface area (Å²) in [6.45, 7) is 0. The molecule has 0 unspecified atom stereocenters. The minimum Gasteiger partial charge on any atom is -0.435 e. The fourth-order valence-corrected chi connectivity index (χ4v) is 2.62. The Hall–Kier alpha value is -2.52. The Bertz CT molecular complexity index is 958. The molecule has 2 N–H and O–H groups in total. The first-order chi connectivity index (χ1) is 10.2. The lowest BCUT2D eigenvalue weighted by molar-refractivity contribution is 0.623. The number of nitrogens with two attached hydrogens (primary N) is 1. The number of benzene rings is 3. The van der Waals surface area contributed by atoms with Crippen LogP contribution in [-0.2, 0) is 0 Å². The molecular weight excluding hydrogens is 284 g/mol. The molecule has 4 rings (SSSR count). The molecule has 1 aromatic heterocycles. The molecule has 4 heteroatoms. The average molecular weight is 295 g/mol. The average Bonchev–Trinajstić information content (AvgIpc) is 2.92. The summed E-state index contributed by atoms with van der Waals surface area (Å²) < 4.78 is 5.95. The van der Waals surface area contributed by atoms with Crippen LogP contribution in [0.15, 0.2) is 59.0 Å². The Labute approximate surface area is 126 Å². The van der Waals surface area contributed by atoms with E-state index in [1.165, 1.54) is 0 Å². The van der Waals surface area contributed by atoms with Gasteiger partial charge in [0, 0.05) is 27.0 Å². The number of oxazole rings is 1. The SMILES string of the molecule is Nc1cc2nc(-c3ccc(Cl)cc3)oc2c2ccccc12. The molecule has 3 nitrogen and oxygen atoms in total. The molecule has 0 aliphatic rings. The van der Waals surface area contributed by atoms with Gasteiger partial charge in [-0.25, -0.2) is 4.98 Å². The van der Waals surface area contributed by atoms with Gasteiger partial charge in [0.2, 0.25) is 5.89 Å². The number of nitrogen functional groups attached to an aromatic ring is 1. The van der Waals surface area contributed by atoms with Crippen LogP contribution in [0.4, 0.5) is 5.69 Å². The first kappa shape index (κ1) is 12.2. The molecule has 0 saturated heterocycles. The van der Waals surface area contributed by atoms with E-state index in [1.54, 1.807) is 0 Å². The van der Waals surface area contributed by atoms with Gasteiger partial charge in [0.1, 0.15) is 5.52 Å². The van der Waals surface area contributed by atoms with E-state index < -0.39 is 0 Å². The Morgan fingerprint density at radius 1 is 0.952 bits per heavy atom. The van der Waals surface area contributed by atoms with E-state index in [4.69, 9.17) is 21.8 Å². The molecule has 0 amide bonds. The van der Waals surface area contributed by atoms with Gasteiger partial charge < -0.3 is 10.2 Å². The van der Waals surface area contributed by atoms with Crippen LogP contribution >= 0.6 is 11.6 Å². The van der Waals surface area contributed by atoms with E-state index in [9.17, 15) is 0 Å². The molecule has 0 radical (unpaired) electrons. The van der Waals surface area contributed by atoms with E-state index in [-0.39, 0.29) is 0 Å². The normalized spacial score (nSPS) is 11.3. The van der Waals surface area contributed by atoms with Gasteiger partial charge in [0.15, 0.2) is 5.58 Å². The van der Waals surface area contributed by atoms with Crippen LogP contribution in [0.1, 0.15) is 0 Å². The highest BCUT2D eigenvalue weighted by Crippen LogP contribution is 2.33. The van der Waals surface area contributed by atoms with Crippen molar-refractivity contribution in [1.82, 2.24) is 4.98 Å². The molecule has 4 aromatic rings. The Morgan fingerprint density at radius 3 is 2.43 bits per heavy atom. The molecule has 0 saturated carbocycles. The molecule has 0 aliphatic carbocycles. The lowest BCUT2D eigenvalue weighted by Crippen LogP contribution is -1.87. The van der Waals surface area contributed by atoms with E-state index >= 15 is 0 Å². The topological polar surface area (TPSA) is 52.0 Å². The first-order valence-electron chi connectivity index (χ1n) is 6.56. The van der Waals surface area contributed by atoms with Gasteiger partial charge in [0.05, 0.1) is 0 Å². The van der Waals surface area contributed by atoms with Crippen molar-refractivity contribution >= 4 is 39.2 Å². The number of halogens is 1. The molecule has 1 heterocycles.